The number of piperazine rings is 1. The molecular weight excluding hydrogens is 366 g/mol. The van der Waals surface area contributed by atoms with Crippen LogP contribution in [0.3, 0.4) is 0 Å². The van der Waals surface area contributed by atoms with Crippen molar-refractivity contribution in [1.29, 1.82) is 0 Å². The van der Waals surface area contributed by atoms with Crippen LogP contribution in [0.25, 0.3) is 10.6 Å². The van der Waals surface area contributed by atoms with Crippen molar-refractivity contribution in [3.8, 4) is 16.3 Å². The number of carbonyl (C=O) groups is 1. The monoisotopic (exact) mass is 385 g/mol. The molecule has 1 amide bonds. The van der Waals surface area contributed by atoms with Crippen molar-refractivity contribution in [3.05, 3.63) is 52.2 Å². The number of nitrogens with zero attached hydrogens (tertiary/aromatic N) is 3. The van der Waals surface area contributed by atoms with Crippen LogP contribution in [-0.2, 0) is 11.2 Å². The summed E-state index contributed by atoms with van der Waals surface area (Å²) in [5.74, 6) is 0.403. The number of phenols is 1. The van der Waals surface area contributed by atoms with Gasteiger partial charge in [-0.2, -0.15) is 11.3 Å². The second kappa shape index (κ2) is 7.47. The number of para-hydroxylation sites is 2. The van der Waals surface area contributed by atoms with Gasteiger partial charge in [-0.15, -0.1) is 11.3 Å². The van der Waals surface area contributed by atoms with Gasteiger partial charge < -0.3 is 14.9 Å². The van der Waals surface area contributed by atoms with Crippen LogP contribution in [-0.4, -0.2) is 47.1 Å². The molecule has 1 aliphatic heterocycles. The largest absolute Gasteiger partial charge is 0.506 e. The predicted molar refractivity (Wildman–Crippen MR) is 106 cm³/mol. The van der Waals surface area contributed by atoms with E-state index in [2.05, 4.69) is 15.3 Å². The van der Waals surface area contributed by atoms with E-state index in [-0.39, 0.29) is 11.7 Å². The van der Waals surface area contributed by atoms with Crippen LogP contribution in [0.5, 0.6) is 5.75 Å². The molecule has 3 heterocycles. The summed E-state index contributed by atoms with van der Waals surface area (Å²) in [5, 5.41) is 17.0. The molecule has 26 heavy (non-hydrogen) atoms. The number of hydrogen-bond donors (Lipinski definition) is 1. The number of hydrogen-bond acceptors (Lipinski definition) is 6. The molecule has 0 bridgehead atoms. The lowest BCUT2D eigenvalue weighted by atomic mass is 10.2. The molecule has 0 atom stereocenters. The van der Waals surface area contributed by atoms with E-state index in [4.69, 9.17) is 0 Å². The average molecular weight is 386 g/mol. The quantitative estimate of drug-likeness (QED) is 0.747. The van der Waals surface area contributed by atoms with E-state index in [0.717, 1.165) is 35.0 Å². The van der Waals surface area contributed by atoms with E-state index >= 15 is 0 Å². The highest BCUT2D eigenvalue weighted by molar-refractivity contribution is 7.14. The number of carbonyl (C=O) groups excluding carboxylic acids is 1. The van der Waals surface area contributed by atoms with Gasteiger partial charge in [-0.05, 0) is 23.6 Å². The van der Waals surface area contributed by atoms with Crippen molar-refractivity contribution in [2.75, 3.05) is 31.1 Å². The Bertz CT molecular complexity index is 884. The second-order valence-electron chi connectivity index (χ2n) is 6.19. The molecule has 1 aliphatic rings. The second-order valence-corrected chi connectivity index (χ2v) is 7.83. The maximum atomic E-state index is 12.6. The topological polar surface area (TPSA) is 56.7 Å². The zero-order valence-corrected chi connectivity index (χ0v) is 15.8. The van der Waals surface area contributed by atoms with Crippen molar-refractivity contribution >= 4 is 34.3 Å². The molecule has 4 rings (SSSR count). The first-order valence-corrected chi connectivity index (χ1v) is 10.3. The number of phenolic OH excluding ortho intramolecular Hbond substituents is 1. The third kappa shape index (κ3) is 3.59. The maximum Gasteiger partial charge on any atom is 0.228 e. The summed E-state index contributed by atoms with van der Waals surface area (Å²) in [5.41, 5.74) is 2.79. The van der Waals surface area contributed by atoms with Crippen LogP contribution in [0.15, 0.2) is 46.5 Å². The molecule has 1 fully saturated rings. The van der Waals surface area contributed by atoms with Crippen LogP contribution < -0.4 is 4.90 Å². The van der Waals surface area contributed by atoms with Crippen LogP contribution in [0.2, 0.25) is 0 Å². The Morgan fingerprint density at radius 3 is 2.65 bits per heavy atom. The minimum absolute atomic E-state index is 0.115. The van der Waals surface area contributed by atoms with Crippen molar-refractivity contribution < 1.29 is 9.90 Å². The van der Waals surface area contributed by atoms with Gasteiger partial charge in [0.2, 0.25) is 5.91 Å². The zero-order valence-electron chi connectivity index (χ0n) is 14.2. The number of anilines is 1. The van der Waals surface area contributed by atoms with Crippen molar-refractivity contribution in [2.24, 2.45) is 0 Å². The van der Waals surface area contributed by atoms with Crippen LogP contribution >= 0.6 is 22.7 Å². The van der Waals surface area contributed by atoms with Gasteiger partial charge in [0.05, 0.1) is 17.8 Å². The number of thiazole rings is 1. The Morgan fingerprint density at radius 1 is 1.12 bits per heavy atom. The van der Waals surface area contributed by atoms with Crippen molar-refractivity contribution in [3.63, 3.8) is 0 Å². The number of thiophene rings is 1. The summed E-state index contributed by atoms with van der Waals surface area (Å²) in [7, 11) is 0. The van der Waals surface area contributed by atoms with Crippen LogP contribution in [0, 0.1) is 0 Å². The summed E-state index contributed by atoms with van der Waals surface area (Å²) >= 11 is 3.23. The molecule has 0 spiro atoms. The van der Waals surface area contributed by atoms with Crippen LogP contribution in [0.1, 0.15) is 5.69 Å². The third-order valence-electron chi connectivity index (χ3n) is 4.51. The van der Waals surface area contributed by atoms with Gasteiger partial charge in [-0.1, -0.05) is 12.1 Å². The van der Waals surface area contributed by atoms with Crippen molar-refractivity contribution in [2.45, 2.75) is 6.42 Å². The molecule has 7 heteroatoms. The lowest BCUT2D eigenvalue weighted by molar-refractivity contribution is -0.130. The van der Waals surface area contributed by atoms with Gasteiger partial charge in [0.15, 0.2) is 0 Å². The molecule has 2 aromatic heterocycles. The number of aromatic nitrogens is 1. The molecule has 134 valence electrons. The molecule has 0 saturated carbocycles. The number of rotatable bonds is 4. The fourth-order valence-corrected chi connectivity index (χ4v) is 4.63. The van der Waals surface area contributed by atoms with Gasteiger partial charge in [-0.3, -0.25) is 4.79 Å². The normalized spacial score (nSPS) is 14.6. The van der Waals surface area contributed by atoms with E-state index in [1.807, 2.05) is 39.9 Å². The molecule has 3 aromatic rings. The molecule has 0 radical (unpaired) electrons. The van der Waals surface area contributed by atoms with Gasteiger partial charge in [0.25, 0.3) is 0 Å². The van der Waals surface area contributed by atoms with E-state index in [0.29, 0.717) is 19.5 Å². The first-order valence-electron chi connectivity index (χ1n) is 8.48. The number of aromatic hydroxyl groups is 1. The third-order valence-corrected chi connectivity index (χ3v) is 6.13. The summed E-state index contributed by atoms with van der Waals surface area (Å²) in [6.07, 6.45) is 0.344. The first-order chi connectivity index (χ1) is 12.7. The lowest BCUT2D eigenvalue weighted by Crippen LogP contribution is -2.49. The van der Waals surface area contributed by atoms with Gasteiger partial charge >= 0.3 is 0 Å². The minimum atomic E-state index is 0.115. The molecule has 1 aromatic carbocycles. The predicted octanol–water partition coefficient (Wildman–Crippen LogP) is 3.47. The van der Waals surface area contributed by atoms with Crippen molar-refractivity contribution in [1.82, 2.24) is 9.88 Å². The zero-order chi connectivity index (χ0) is 17.9. The summed E-state index contributed by atoms with van der Waals surface area (Å²) in [4.78, 5) is 21.2. The van der Waals surface area contributed by atoms with E-state index in [1.165, 1.54) is 0 Å². The smallest absolute Gasteiger partial charge is 0.228 e. The Balaban J connectivity index is 1.35. The van der Waals surface area contributed by atoms with Gasteiger partial charge in [0.1, 0.15) is 10.8 Å². The first kappa shape index (κ1) is 17.1. The maximum absolute atomic E-state index is 12.6. The van der Waals surface area contributed by atoms with Gasteiger partial charge in [0, 0.05) is 42.5 Å². The number of benzene rings is 1. The Morgan fingerprint density at radius 2 is 1.92 bits per heavy atom. The van der Waals surface area contributed by atoms with E-state index in [1.54, 1.807) is 28.7 Å². The number of amides is 1. The SMILES string of the molecule is O=C(Cc1csc(-c2ccsc2)n1)N1CCN(c2ccccc2O)CC1. The molecular formula is C19H19N3O2S2. The molecule has 5 nitrogen and oxygen atoms in total. The molecule has 1 saturated heterocycles. The van der Waals surface area contributed by atoms with E-state index < -0.39 is 0 Å². The fourth-order valence-electron chi connectivity index (χ4n) is 3.10. The highest BCUT2D eigenvalue weighted by atomic mass is 32.1. The molecule has 1 N–H and O–H groups in total. The highest BCUT2D eigenvalue weighted by Crippen LogP contribution is 2.28. The Labute approximate surface area is 160 Å². The van der Waals surface area contributed by atoms with Gasteiger partial charge in [-0.25, -0.2) is 4.98 Å². The lowest BCUT2D eigenvalue weighted by Gasteiger charge is -2.36. The average Bonchev–Trinajstić information content (AvgIpc) is 3.34. The minimum Gasteiger partial charge on any atom is -0.506 e. The Kier molecular flexibility index (Phi) is 4.90. The summed E-state index contributed by atoms with van der Waals surface area (Å²) in [6.45, 7) is 2.77. The molecule has 0 aliphatic carbocycles. The van der Waals surface area contributed by atoms with Crippen LogP contribution in [0.4, 0.5) is 5.69 Å². The standard InChI is InChI=1S/C19H19N3O2S2/c23-17-4-2-1-3-16(17)21-6-8-22(9-7-21)18(24)11-15-13-26-19(20-15)14-5-10-25-12-14/h1-5,10,12-13,23H,6-9,11H2. The fraction of sp³-hybridized carbons (Fsp3) is 0.263. The Hall–Kier alpha value is -2.38. The summed E-state index contributed by atoms with van der Waals surface area (Å²) in [6, 6.07) is 9.39. The highest BCUT2D eigenvalue weighted by Gasteiger charge is 2.23. The molecule has 0 unspecified atom stereocenters. The summed E-state index contributed by atoms with van der Waals surface area (Å²) < 4.78 is 0. The van der Waals surface area contributed by atoms with E-state index in [9.17, 15) is 9.90 Å².